The number of aryl methyl sites for hydroxylation is 1. The molecule has 0 amide bonds. The van der Waals surface area contributed by atoms with Gasteiger partial charge in [-0.25, -0.2) is 0 Å². The van der Waals surface area contributed by atoms with Crippen LogP contribution in [0.1, 0.15) is 37.0 Å². The Morgan fingerprint density at radius 1 is 1.47 bits per heavy atom. The highest BCUT2D eigenvalue weighted by molar-refractivity contribution is 5.73. The molecule has 2 rings (SSSR count). The number of hydrogen-bond acceptors (Lipinski definition) is 3. The molecule has 0 saturated carbocycles. The minimum absolute atomic E-state index is 0.281. The van der Waals surface area contributed by atoms with Crippen molar-refractivity contribution in [1.82, 2.24) is 0 Å². The summed E-state index contributed by atoms with van der Waals surface area (Å²) in [4.78, 5) is 11.8. The van der Waals surface area contributed by atoms with E-state index in [9.17, 15) is 9.90 Å². The third kappa shape index (κ3) is 2.50. The minimum Gasteiger partial charge on any atom is -0.466 e. The number of aliphatic hydroxyl groups excluding tert-OH is 1. The van der Waals surface area contributed by atoms with Crippen LogP contribution in [-0.2, 0) is 16.0 Å². The van der Waals surface area contributed by atoms with Crippen molar-refractivity contribution in [3.8, 4) is 0 Å². The molecular formula is C14H18O3. The quantitative estimate of drug-likeness (QED) is 0.630. The van der Waals surface area contributed by atoms with Crippen LogP contribution in [0.5, 0.6) is 0 Å². The molecule has 1 N–H and O–H groups in total. The van der Waals surface area contributed by atoms with Crippen molar-refractivity contribution in [1.29, 1.82) is 0 Å². The molecule has 1 aliphatic rings. The number of benzene rings is 1. The van der Waals surface area contributed by atoms with Crippen molar-refractivity contribution in [2.45, 2.75) is 32.3 Å². The van der Waals surface area contributed by atoms with Gasteiger partial charge in [-0.1, -0.05) is 24.3 Å². The SMILES string of the molecule is CCOC(=O)[C@@H]1CCCc2ccccc2[C@@H]1O. The average Bonchev–Trinajstić information content (AvgIpc) is 2.50. The third-order valence-electron chi connectivity index (χ3n) is 3.31. The zero-order valence-electron chi connectivity index (χ0n) is 10.1. The number of rotatable bonds is 2. The van der Waals surface area contributed by atoms with Gasteiger partial charge in [0.05, 0.1) is 18.6 Å². The van der Waals surface area contributed by atoms with Crippen molar-refractivity contribution < 1.29 is 14.6 Å². The lowest BCUT2D eigenvalue weighted by Crippen LogP contribution is -2.24. The molecule has 3 heteroatoms. The van der Waals surface area contributed by atoms with E-state index in [4.69, 9.17) is 4.74 Å². The topological polar surface area (TPSA) is 46.5 Å². The molecule has 17 heavy (non-hydrogen) atoms. The fraction of sp³-hybridized carbons (Fsp3) is 0.500. The Labute approximate surface area is 101 Å². The normalized spacial score (nSPS) is 23.6. The van der Waals surface area contributed by atoms with Crippen LogP contribution in [0.4, 0.5) is 0 Å². The Morgan fingerprint density at radius 3 is 3.00 bits per heavy atom. The van der Waals surface area contributed by atoms with Gasteiger partial charge in [0, 0.05) is 0 Å². The Hall–Kier alpha value is -1.35. The summed E-state index contributed by atoms with van der Waals surface area (Å²) >= 11 is 0. The predicted octanol–water partition coefficient (Wildman–Crippen LogP) is 2.24. The summed E-state index contributed by atoms with van der Waals surface area (Å²) < 4.78 is 5.02. The maximum atomic E-state index is 11.8. The molecule has 0 aliphatic heterocycles. The second kappa shape index (κ2) is 5.32. The number of carbonyl (C=O) groups excluding carboxylic acids is 1. The largest absolute Gasteiger partial charge is 0.466 e. The molecule has 92 valence electrons. The zero-order chi connectivity index (χ0) is 12.3. The molecule has 0 heterocycles. The van der Waals surface area contributed by atoms with Gasteiger partial charge in [0.2, 0.25) is 0 Å². The highest BCUT2D eigenvalue weighted by Crippen LogP contribution is 2.33. The highest BCUT2D eigenvalue weighted by Gasteiger charge is 2.32. The van der Waals surface area contributed by atoms with E-state index in [-0.39, 0.29) is 5.97 Å². The lowest BCUT2D eigenvalue weighted by atomic mass is 9.93. The second-order valence-electron chi connectivity index (χ2n) is 4.39. The van der Waals surface area contributed by atoms with Gasteiger partial charge in [0.15, 0.2) is 0 Å². The Balaban J connectivity index is 2.25. The Bertz CT molecular complexity index is 400. The first-order chi connectivity index (χ1) is 8.24. The number of esters is 1. The first-order valence-electron chi connectivity index (χ1n) is 6.16. The molecule has 0 saturated heterocycles. The van der Waals surface area contributed by atoms with Crippen molar-refractivity contribution in [3.63, 3.8) is 0 Å². The van der Waals surface area contributed by atoms with Gasteiger partial charge in [0.1, 0.15) is 0 Å². The summed E-state index contributed by atoms with van der Waals surface area (Å²) in [5.74, 6) is -0.699. The molecule has 1 aromatic rings. The monoisotopic (exact) mass is 234 g/mol. The van der Waals surface area contributed by atoms with Gasteiger partial charge < -0.3 is 9.84 Å². The van der Waals surface area contributed by atoms with Gasteiger partial charge in [-0.3, -0.25) is 4.79 Å². The second-order valence-corrected chi connectivity index (χ2v) is 4.39. The molecule has 1 aromatic carbocycles. The standard InChI is InChI=1S/C14H18O3/c1-2-17-14(16)12-9-5-7-10-6-3-4-8-11(10)13(12)15/h3-4,6,8,12-13,15H,2,5,7,9H2,1H3/t12-,13+/m1/s1. The predicted molar refractivity (Wildman–Crippen MR) is 64.5 cm³/mol. The van der Waals surface area contributed by atoms with Crippen LogP contribution in [0.25, 0.3) is 0 Å². The van der Waals surface area contributed by atoms with E-state index < -0.39 is 12.0 Å². The lowest BCUT2D eigenvalue weighted by molar-refractivity contribution is -0.152. The number of fused-ring (bicyclic) bond motifs is 1. The van der Waals surface area contributed by atoms with Gasteiger partial charge in [-0.2, -0.15) is 0 Å². The van der Waals surface area contributed by atoms with E-state index in [2.05, 4.69) is 0 Å². The first-order valence-corrected chi connectivity index (χ1v) is 6.16. The van der Waals surface area contributed by atoms with Crippen LogP contribution in [0.15, 0.2) is 24.3 Å². The molecule has 0 aromatic heterocycles. The summed E-state index contributed by atoms with van der Waals surface area (Å²) in [5.41, 5.74) is 2.02. The van der Waals surface area contributed by atoms with Gasteiger partial charge in [0.25, 0.3) is 0 Å². The molecule has 2 atom stereocenters. The fourth-order valence-corrected chi connectivity index (χ4v) is 2.43. The summed E-state index contributed by atoms with van der Waals surface area (Å²) in [5, 5.41) is 10.3. The van der Waals surface area contributed by atoms with Gasteiger partial charge >= 0.3 is 5.97 Å². The minimum atomic E-state index is -0.729. The molecule has 0 fully saturated rings. The molecule has 0 spiro atoms. The van der Waals surface area contributed by atoms with Crippen molar-refractivity contribution in [3.05, 3.63) is 35.4 Å². The summed E-state index contributed by atoms with van der Waals surface area (Å²) in [6.45, 7) is 2.15. The van der Waals surface area contributed by atoms with E-state index in [0.717, 1.165) is 24.0 Å². The first kappa shape index (κ1) is 12.1. The van der Waals surface area contributed by atoms with Crippen LogP contribution < -0.4 is 0 Å². The number of hydrogen-bond donors (Lipinski definition) is 1. The average molecular weight is 234 g/mol. The number of carbonyl (C=O) groups is 1. The summed E-state index contributed by atoms with van der Waals surface area (Å²) in [6.07, 6.45) is 1.79. The molecular weight excluding hydrogens is 216 g/mol. The number of ether oxygens (including phenoxy) is 1. The zero-order valence-corrected chi connectivity index (χ0v) is 10.1. The number of aliphatic hydroxyl groups is 1. The molecule has 0 radical (unpaired) electrons. The molecule has 0 unspecified atom stereocenters. The highest BCUT2D eigenvalue weighted by atomic mass is 16.5. The van der Waals surface area contributed by atoms with Crippen molar-refractivity contribution in [2.75, 3.05) is 6.61 Å². The lowest BCUT2D eigenvalue weighted by Gasteiger charge is -2.20. The third-order valence-corrected chi connectivity index (χ3v) is 3.31. The van der Waals surface area contributed by atoms with Crippen LogP contribution in [0, 0.1) is 5.92 Å². The van der Waals surface area contributed by atoms with Crippen LogP contribution >= 0.6 is 0 Å². The molecule has 1 aliphatic carbocycles. The van der Waals surface area contributed by atoms with Crippen LogP contribution in [0.2, 0.25) is 0 Å². The Morgan fingerprint density at radius 2 is 2.24 bits per heavy atom. The van der Waals surface area contributed by atoms with Crippen LogP contribution in [-0.4, -0.2) is 17.7 Å². The summed E-state index contributed by atoms with van der Waals surface area (Å²) in [6, 6.07) is 7.79. The fourth-order valence-electron chi connectivity index (χ4n) is 2.43. The van der Waals surface area contributed by atoms with E-state index in [1.54, 1.807) is 6.92 Å². The van der Waals surface area contributed by atoms with Gasteiger partial charge in [-0.05, 0) is 37.3 Å². The maximum Gasteiger partial charge on any atom is 0.311 e. The van der Waals surface area contributed by atoms with E-state index in [1.807, 2.05) is 24.3 Å². The van der Waals surface area contributed by atoms with E-state index in [0.29, 0.717) is 13.0 Å². The van der Waals surface area contributed by atoms with Crippen molar-refractivity contribution >= 4 is 5.97 Å². The van der Waals surface area contributed by atoms with Gasteiger partial charge in [-0.15, -0.1) is 0 Å². The molecule has 3 nitrogen and oxygen atoms in total. The van der Waals surface area contributed by atoms with Crippen LogP contribution in [0.3, 0.4) is 0 Å². The summed E-state index contributed by atoms with van der Waals surface area (Å²) in [7, 11) is 0. The van der Waals surface area contributed by atoms with E-state index in [1.165, 1.54) is 0 Å². The van der Waals surface area contributed by atoms with Crippen molar-refractivity contribution in [2.24, 2.45) is 5.92 Å². The molecule has 0 bridgehead atoms. The van der Waals surface area contributed by atoms with E-state index >= 15 is 0 Å². The smallest absolute Gasteiger partial charge is 0.311 e. The Kier molecular flexibility index (Phi) is 3.79. The maximum absolute atomic E-state index is 11.8.